The summed E-state index contributed by atoms with van der Waals surface area (Å²) in [5, 5.41) is 0. The van der Waals surface area contributed by atoms with Gasteiger partial charge in [-0.15, -0.1) is 0 Å². The number of rotatable bonds is 8. The Kier molecular flexibility index (Phi) is 6.14. The van der Waals surface area contributed by atoms with Crippen LogP contribution in [0.4, 0.5) is 0 Å². The van der Waals surface area contributed by atoms with Gasteiger partial charge in [0.25, 0.3) is 0 Å². The minimum atomic E-state index is -0.0169. The summed E-state index contributed by atoms with van der Waals surface area (Å²) in [7, 11) is 0. The molecule has 0 atom stereocenters. The van der Waals surface area contributed by atoms with E-state index in [9.17, 15) is 0 Å². The molecule has 1 aromatic heterocycles. The highest BCUT2D eigenvalue weighted by molar-refractivity contribution is 6.09. The molecular weight excluding hydrogens is 424 g/mol. The van der Waals surface area contributed by atoms with Crippen molar-refractivity contribution in [2.24, 2.45) is 9.98 Å². The first kappa shape index (κ1) is 22.3. The number of amidine groups is 1. The van der Waals surface area contributed by atoms with Gasteiger partial charge in [0.1, 0.15) is 17.2 Å². The van der Waals surface area contributed by atoms with Crippen LogP contribution in [-0.2, 0) is 11.8 Å². The monoisotopic (exact) mass is 454 g/mol. The van der Waals surface area contributed by atoms with E-state index in [0.29, 0.717) is 30.1 Å². The summed E-state index contributed by atoms with van der Waals surface area (Å²) in [5.74, 6) is 2.78. The molecule has 2 aliphatic rings. The van der Waals surface area contributed by atoms with Crippen LogP contribution in [0.25, 0.3) is 0 Å². The summed E-state index contributed by atoms with van der Waals surface area (Å²) in [6, 6.07) is 16.8. The molecule has 5 rings (SSSR count). The molecule has 0 bridgehead atoms. The Morgan fingerprint density at radius 3 is 2.24 bits per heavy atom. The van der Waals surface area contributed by atoms with Gasteiger partial charge in [0, 0.05) is 5.71 Å². The second-order valence-electron chi connectivity index (χ2n) is 9.73. The van der Waals surface area contributed by atoms with E-state index in [1.54, 1.807) is 12.4 Å². The number of aliphatic imine (C=N–C) groups is 2. The van der Waals surface area contributed by atoms with E-state index in [2.05, 4.69) is 70.2 Å². The van der Waals surface area contributed by atoms with Gasteiger partial charge in [0.05, 0.1) is 25.0 Å². The number of benzene rings is 2. The fraction of sp³-hybridized carbons (Fsp3) is 0.357. The van der Waals surface area contributed by atoms with Crippen molar-refractivity contribution in [1.82, 2.24) is 9.97 Å². The van der Waals surface area contributed by atoms with Crippen LogP contribution in [-0.4, -0.2) is 34.2 Å². The quantitative estimate of drug-likeness (QED) is 0.422. The fourth-order valence-corrected chi connectivity index (χ4v) is 4.14. The first-order chi connectivity index (χ1) is 16.4. The average molecular weight is 455 g/mol. The zero-order chi connectivity index (χ0) is 23.5. The molecule has 1 saturated carbocycles. The highest BCUT2D eigenvalue weighted by atomic mass is 16.5. The molecule has 1 aliphatic heterocycles. The maximum absolute atomic E-state index is 5.98. The van der Waals surface area contributed by atoms with Gasteiger partial charge in [-0.05, 0) is 73.4 Å². The molecule has 1 fully saturated rings. The normalized spacial score (nSPS) is 16.0. The van der Waals surface area contributed by atoms with E-state index in [1.165, 1.54) is 30.4 Å². The topological polar surface area (TPSA) is 69.0 Å². The van der Waals surface area contributed by atoms with E-state index in [1.807, 2.05) is 19.1 Å². The third-order valence-corrected chi connectivity index (χ3v) is 6.39. The third kappa shape index (κ3) is 5.16. The molecule has 0 amide bonds. The number of nitrogens with zero attached hydrogens (tertiary/aromatic N) is 4. The zero-order valence-corrected chi connectivity index (χ0v) is 20.0. The highest BCUT2D eigenvalue weighted by Crippen LogP contribution is 2.31. The van der Waals surface area contributed by atoms with Crippen molar-refractivity contribution in [2.75, 3.05) is 6.54 Å². The molecule has 2 aromatic carbocycles. The summed E-state index contributed by atoms with van der Waals surface area (Å²) in [5.41, 5.74) is 4.17. The number of aromatic nitrogens is 2. The Balaban J connectivity index is 1.20. The molecule has 6 heteroatoms. The molecule has 1 aliphatic carbocycles. The lowest BCUT2D eigenvalue weighted by Crippen LogP contribution is -2.24. The molecule has 6 nitrogen and oxygen atoms in total. The summed E-state index contributed by atoms with van der Waals surface area (Å²) < 4.78 is 11.9. The lowest BCUT2D eigenvalue weighted by Gasteiger charge is -2.27. The molecule has 34 heavy (non-hydrogen) atoms. The fourth-order valence-electron chi connectivity index (χ4n) is 4.14. The average Bonchev–Trinajstić information content (AvgIpc) is 3.24. The second kappa shape index (κ2) is 9.37. The smallest absolute Gasteiger partial charge is 0.237 e. The standard InChI is InChI=1S/C28H30N4O2/c1-19-16-31-27(32-19)25-17-30-26(18-29-25)34-24-13-9-21(10-14-24)28(2,3)15-20-7-11-23(12-8-20)33-22-5-4-6-22/h7-14,17-18,22H,4-6,15-16H2,1-3H3. The van der Waals surface area contributed by atoms with Crippen LogP contribution in [0, 0.1) is 0 Å². The van der Waals surface area contributed by atoms with Crippen molar-refractivity contribution < 1.29 is 9.47 Å². The predicted octanol–water partition coefficient (Wildman–Crippen LogP) is 5.94. The maximum atomic E-state index is 5.98. The first-order valence-corrected chi connectivity index (χ1v) is 11.9. The summed E-state index contributed by atoms with van der Waals surface area (Å²) in [4.78, 5) is 17.5. The largest absolute Gasteiger partial charge is 0.490 e. The van der Waals surface area contributed by atoms with Crippen molar-refractivity contribution in [3.8, 4) is 17.4 Å². The molecule has 174 valence electrons. The van der Waals surface area contributed by atoms with Crippen LogP contribution in [0.3, 0.4) is 0 Å². The second-order valence-corrected chi connectivity index (χ2v) is 9.73. The van der Waals surface area contributed by atoms with E-state index in [0.717, 1.165) is 23.6 Å². The number of ether oxygens (including phenoxy) is 2. The third-order valence-electron chi connectivity index (χ3n) is 6.39. The van der Waals surface area contributed by atoms with Gasteiger partial charge in [-0.25, -0.2) is 15.0 Å². The van der Waals surface area contributed by atoms with Gasteiger partial charge in [0.15, 0.2) is 5.84 Å². The molecule has 0 spiro atoms. The van der Waals surface area contributed by atoms with Gasteiger partial charge in [-0.3, -0.25) is 4.99 Å². The van der Waals surface area contributed by atoms with Gasteiger partial charge in [0.2, 0.25) is 5.88 Å². The lowest BCUT2D eigenvalue weighted by atomic mass is 9.79. The van der Waals surface area contributed by atoms with Crippen molar-refractivity contribution in [3.05, 3.63) is 77.7 Å². The molecule has 2 heterocycles. The Labute approximate surface area is 200 Å². The van der Waals surface area contributed by atoms with Gasteiger partial charge < -0.3 is 9.47 Å². The van der Waals surface area contributed by atoms with Crippen LogP contribution < -0.4 is 9.47 Å². The van der Waals surface area contributed by atoms with Crippen molar-refractivity contribution in [2.45, 2.75) is 58.0 Å². The number of hydrogen-bond donors (Lipinski definition) is 0. The molecule has 0 N–H and O–H groups in total. The van der Waals surface area contributed by atoms with Crippen molar-refractivity contribution >= 4 is 11.5 Å². The SMILES string of the molecule is CC1=NC(c2cnc(Oc3ccc(C(C)(C)Cc4ccc(OC5CCC5)cc4)cc3)cn2)=NC1. The Morgan fingerprint density at radius 2 is 1.65 bits per heavy atom. The zero-order valence-electron chi connectivity index (χ0n) is 20.0. The Morgan fingerprint density at radius 1 is 0.912 bits per heavy atom. The van der Waals surface area contributed by atoms with Gasteiger partial charge >= 0.3 is 0 Å². The van der Waals surface area contributed by atoms with Crippen LogP contribution in [0.1, 0.15) is 56.9 Å². The van der Waals surface area contributed by atoms with E-state index in [-0.39, 0.29) is 5.41 Å². The minimum absolute atomic E-state index is 0.0169. The first-order valence-electron chi connectivity index (χ1n) is 11.9. The van der Waals surface area contributed by atoms with E-state index < -0.39 is 0 Å². The van der Waals surface area contributed by atoms with Crippen LogP contribution in [0.5, 0.6) is 17.4 Å². The summed E-state index contributed by atoms with van der Waals surface area (Å²) in [6.07, 6.45) is 8.25. The van der Waals surface area contributed by atoms with E-state index >= 15 is 0 Å². The van der Waals surface area contributed by atoms with Crippen molar-refractivity contribution in [3.63, 3.8) is 0 Å². The highest BCUT2D eigenvalue weighted by Gasteiger charge is 2.22. The van der Waals surface area contributed by atoms with E-state index in [4.69, 9.17) is 9.47 Å². The Hall–Kier alpha value is -3.54. The maximum Gasteiger partial charge on any atom is 0.237 e. The van der Waals surface area contributed by atoms with Crippen LogP contribution >= 0.6 is 0 Å². The molecule has 0 saturated heterocycles. The molecule has 0 radical (unpaired) electrons. The van der Waals surface area contributed by atoms with Crippen LogP contribution in [0.2, 0.25) is 0 Å². The van der Waals surface area contributed by atoms with Crippen LogP contribution in [0.15, 0.2) is 70.9 Å². The lowest BCUT2D eigenvalue weighted by molar-refractivity contribution is 0.120. The minimum Gasteiger partial charge on any atom is -0.490 e. The molecule has 0 unspecified atom stereocenters. The van der Waals surface area contributed by atoms with Crippen molar-refractivity contribution in [1.29, 1.82) is 0 Å². The molecule has 3 aromatic rings. The van der Waals surface area contributed by atoms with Gasteiger partial charge in [-0.1, -0.05) is 38.1 Å². The summed E-state index contributed by atoms with van der Waals surface area (Å²) >= 11 is 0. The Bertz CT molecular complexity index is 1190. The summed E-state index contributed by atoms with van der Waals surface area (Å²) in [6.45, 7) is 7.11. The predicted molar refractivity (Wildman–Crippen MR) is 134 cm³/mol. The molecular formula is C28H30N4O2. The van der Waals surface area contributed by atoms with Gasteiger partial charge in [-0.2, -0.15) is 0 Å². The number of hydrogen-bond acceptors (Lipinski definition) is 6.